The molecule has 118 valence electrons. The van der Waals surface area contributed by atoms with Crippen LogP contribution in [0.2, 0.25) is 0 Å². The Morgan fingerprint density at radius 2 is 1.96 bits per heavy atom. The largest absolute Gasteiger partial charge is 0.507 e. The Labute approximate surface area is 134 Å². The fourth-order valence-corrected chi connectivity index (χ4v) is 2.98. The van der Waals surface area contributed by atoms with Gasteiger partial charge in [-0.25, -0.2) is 4.98 Å². The van der Waals surface area contributed by atoms with E-state index in [0.29, 0.717) is 5.82 Å². The number of hydrogen-bond acceptors (Lipinski definition) is 4. The van der Waals surface area contributed by atoms with Crippen molar-refractivity contribution in [2.45, 2.75) is 6.92 Å². The third kappa shape index (κ3) is 2.64. The SMILES string of the molecule is Cc1ccc(O)c(-c2nc3ccc(N4CCOCC4)cc3[nH]2)c1. The molecule has 0 bridgehead atoms. The van der Waals surface area contributed by atoms with E-state index in [1.165, 1.54) is 5.69 Å². The van der Waals surface area contributed by atoms with E-state index in [-0.39, 0.29) is 5.75 Å². The Bertz CT molecular complexity index is 851. The number of anilines is 1. The molecule has 0 amide bonds. The lowest BCUT2D eigenvalue weighted by Gasteiger charge is -2.28. The number of phenolic OH excluding ortho intramolecular Hbond substituents is 1. The minimum atomic E-state index is 0.239. The van der Waals surface area contributed by atoms with Crippen molar-refractivity contribution in [3.05, 3.63) is 42.0 Å². The Hall–Kier alpha value is -2.53. The summed E-state index contributed by atoms with van der Waals surface area (Å²) in [7, 11) is 0. The Kier molecular flexibility index (Phi) is 3.42. The quantitative estimate of drug-likeness (QED) is 0.763. The monoisotopic (exact) mass is 309 g/mol. The molecule has 1 aromatic heterocycles. The first kappa shape index (κ1) is 14.1. The van der Waals surface area contributed by atoms with Gasteiger partial charge in [0.15, 0.2) is 0 Å². The molecule has 4 rings (SSSR count). The summed E-state index contributed by atoms with van der Waals surface area (Å²) < 4.78 is 5.41. The van der Waals surface area contributed by atoms with Crippen molar-refractivity contribution in [1.29, 1.82) is 0 Å². The van der Waals surface area contributed by atoms with E-state index >= 15 is 0 Å². The van der Waals surface area contributed by atoms with Gasteiger partial charge in [-0.3, -0.25) is 0 Å². The van der Waals surface area contributed by atoms with Crippen LogP contribution in [-0.2, 0) is 4.74 Å². The van der Waals surface area contributed by atoms with Crippen molar-refractivity contribution in [2.75, 3.05) is 31.2 Å². The number of benzene rings is 2. The molecule has 0 unspecified atom stereocenters. The molecule has 5 heteroatoms. The van der Waals surface area contributed by atoms with E-state index in [9.17, 15) is 5.11 Å². The summed E-state index contributed by atoms with van der Waals surface area (Å²) in [5.41, 5.74) is 4.87. The molecule has 5 nitrogen and oxygen atoms in total. The molecule has 0 spiro atoms. The average molecular weight is 309 g/mol. The van der Waals surface area contributed by atoms with Gasteiger partial charge < -0.3 is 19.7 Å². The molecule has 0 atom stereocenters. The van der Waals surface area contributed by atoms with Gasteiger partial charge in [0.25, 0.3) is 0 Å². The number of nitrogens with zero attached hydrogens (tertiary/aromatic N) is 2. The van der Waals surface area contributed by atoms with Crippen molar-refractivity contribution in [2.24, 2.45) is 0 Å². The number of aryl methyl sites for hydroxylation is 1. The summed E-state index contributed by atoms with van der Waals surface area (Å²) in [6.07, 6.45) is 0. The van der Waals surface area contributed by atoms with Crippen LogP contribution in [-0.4, -0.2) is 41.4 Å². The molecule has 2 aromatic carbocycles. The number of hydrogen-bond donors (Lipinski definition) is 2. The van der Waals surface area contributed by atoms with Gasteiger partial charge in [0.1, 0.15) is 11.6 Å². The zero-order chi connectivity index (χ0) is 15.8. The molecule has 2 N–H and O–H groups in total. The summed E-state index contributed by atoms with van der Waals surface area (Å²) in [5.74, 6) is 0.934. The highest BCUT2D eigenvalue weighted by molar-refractivity contribution is 5.83. The molecule has 0 saturated carbocycles. The van der Waals surface area contributed by atoms with E-state index in [2.05, 4.69) is 27.0 Å². The number of H-pyrrole nitrogens is 1. The molecule has 0 aliphatic carbocycles. The number of fused-ring (bicyclic) bond motifs is 1. The van der Waals surface area contributed by atoms with Gasteiger partial charge in [-0.2, -0.15) is 0 Å². The van der Waals surface area contributed by atoms with E-state index in [1.54, 1.807) is 6.07 Å². The number of aromatic amines is 1. The zero-order valence-corrected chi connectivity index (χ0v) is 13.0. The van der Waals surface area contributed by atoms with Gasteiger partial charge in [-0.15, -0.1) is 0 Å². The maximum atomic E-state index is 10.1. The molecule has 1 fully saturated rings. The number of imidazole rings is 1. The molecule has 1 aliphatic rings. The molecule has 0 radical (unpaired) electrons. The van der Waals surface area contributed by atoms with Crippen LogP contribution in [0.25, 0.3) is 22.4 Å². The normalized spacial score (nSPS) is 15.3. The Morgan fingerprint density at radius 1 is 1.13 bits per heavy atom. The second-order valence-electron chi connectivity index (χ2n) is 5.91. The van der Waals surface area contributed by atoms with Crippen molar-refractivity contribution < 1.29 is 9.84 Å². The molecular formula is C18H19N3O2. The Morgan fingerprint density at radius 3 is 2.78 bits per heavy atom. The van der Waals surface area contributed by atoms with Gasteiger partial charge in [0.05, 0.1) is 29.8 Å². The first-order chi connectivity index (χ1) is 11.2. The zero-order valence-electron chi connectivity index (χ0n) is 13.0. The fourth-order valence-electron chi connectivity index (χ4n) is 2.98. The van der Waals surface area contributed by atoms with Gasteiger partial charge in [0, 0.05) is 18.8 Å². The summed E-state index contributed by atoms with van der Waals surface area (Å²) in [6, 6.07) is 11.8. The lowest BCUT2D eigenvalue weighted by Crippen LogP contribution is -2.36. The molecule has 2 heterocycles. The third-order valence-electron chi connectivity index (χ3n) is 4.25. The van der Waals surface area contributed by atoms with Crippen LogP contribution in [0, 0.1) is 6.92 Å². The van der Waals surface area contributed by atoms with Crippen LogP contribution in [0.4, 0.5) is 5.69 Å². The van der Waals surface area contributed by atoms with Crippen LogP contribution in [0.5, 0.6) is 5.75 Å². The second kappa shape index (κ2) is 5.59. The van der Waals surface area contributed by atoms with Crippen LogP contribution in [0.3, 0.4) is 0 Å². The molecule has 1 aliphatic heterocycles. The first-order valence-electron chi connectivity index (χ1n) is 7.83. The van der Waals surface area contributed by atoms with Crippen molar-refractivity contribution in [3.63, 3.8) is 0 Å². The van der Waals surface area contributed by atoms with Gasteiger partial charge in [0.2, 0.25) is 0 Å². The van der Waals surface area contributed by atoms with Crippen LogP contribution in [0.15, 0.2) is 36.4 Å². The minimum absolute atomic E-state index is 0.239. The number of nitrogens with one attached hydrogen (secondary N) is 1. The summed E-state index contributed by atoms with van der Waals surface area (Å²) >= 11 is 0. The summed E-state index contributed by atoms with van der Waals surface area (Å²) in [5, 5.41) is 10.1. The highest BCUT2D eigenvalue weighted by atomic mass is 16.5. The maximum absolute atomic E-state index is 10.1. The van der Waals surface area contributed by atoms with Crippen molar-refractivity contribution in [1.82, 2.24) is 9.97 Å². The van der Waals surface area contributed by atoms with Crippen molar-refractivity contribution in [3.8, 4) is 17.1 Å². The predicted molar refractivity (Wildman–Crippen MR) is 91.0 cm³/mol. The Balaban J connectivity index is 1.74. The average Bonchev–Trinajstić information content (AvgIpc) is 3.00. The molecule has 23 heavy (non-hydrogen) atoms. The highest BCUT2D eigenvalue weighted by Gasteiger charge is 2.14. The lowest BCUT2D eigenvalue weighted by atomic mass is 10.1. The van der Waals surface area contributed by atoms with E-state index < -0.39 is 0 Å². The summed E-state index contributed by atoms with van der Waals surface area (Å²) in [6.45, 7) is 5.35. The smallest absolute Gasteiger partial charge is 0.142 e. The predicted octanol–water partition coefficient (Wildman–Crippen LogP) is 3.08. The van der Waals surface area contributed by atoms with Gasteiger partial charge in [-0.1, -0.05) is 11.6 Å². The highest BCUT2D eigenvalue weighted by Crippen LogP contribution is 2.30. The van der Waals surface area contributed by atoms with Crippen LogP contribution >= 0.6 is 0 Å². The molecule has 3 aromatic rings. The minimum Gasteiger partial charge on any atom is -0.507 e. The standard InChI is InChI=1S/C18H19N3O2/c1-12-2-5-17(22)14(10-12)18-19-15-4-3-13(11-16(15)20-18)21-6-8-23-9-7-21/h2-5,10-11,22H,6-9H2,1H3,(H,19,20). The summed E-state index contributed by atoms with van der Waals surface area (Å²) in [4.78, 5) is 10.3. The van der Waals surface area contributed by atoms with E-state index in [1.807, 2.05) is 25.1 Å². The number of ether oxygens (including phenoxy) is 1. The molecule has 1 saturated heterocycles. The number of phenols is 1. The number of rotatable bonds is 2. The number of aromatic nitrogens is 2. The second-order valence-corrected chi connectivity index (χ2v) is 5.91. The van der Waals surface area contributed by atoms with Crippen LogP contribution < -0.4 is 4.90 Å². The van der Waals surface area contributed by atoms with E-state index in [0.717, 1.165) is 48.5 Å². The molecular weight excluding hydrogens is 290 g/mol. The van der Waals surface area contributed by atoms with Gasteiger partial charge >= 0.3 is 0 Å². The van der Waals surface area contributed by atoms with Gasteiger partial charge in [-0.05, 0) is 37.3 Å². The maximum Gasteiger partial charge on any atom is 0.142 e. The lowest BCUT2D eigenvalue weighted by molar-refractivity contribution is 0.122. The number of morpholine rings is 1. The topological polar surface area (TPSA) is 61.4 Å². The van der Waals surface area contributed by atoms with Crippen LogP contribution in [0.1, 0.15) is 5.56 Å². The third-order valence-corrected chi connectivity index (χ3v) is 4.25. The van der Waals surface area contributed by atoms with Crippen molar-refractivity contribution >= 4 is 16.7 Å². The number of aromatic hydroxyl groups is 1. The first-order valence-corrected chi connectivity index (χ1v) is 7.83. The van der Waals surface area contributed by atoms with E-state index in [4.69, 9.17) is 4.74 Å². The fraction of sp³-hybridized carbons (Fsp3) is 0.278.